The standard InChI is InChI=1S/C27H34F2N8O3S/c1-18-14-21(31-26(30-18)36-9-4-19(16-36)25(28)29)22-17-37(34-32-22)23-3-2-20(33-41(39,40)13-12-38)15-24(23)35-10-7-27(5-6-27)8-11-35/h2-3,14-15,17,19,25,33,38H,4-13,16H2,1H3. The summed E-state index contributed by atoms with van der Waals surface area (Å²) >= 11 is 0. The molecule has 3 aliphatic rings. The lowest BCUT2D eigenvalue weighted by Gasteiger charge is -2.35. The van der Waals surface area contributed by atoms with Gasteiger partial charge in [-0.3, -0.25) is 4.72 Å². The van der Waals surface area contributed by atoms with Crippen LogP contribution in [0.2, 0.25) is 0 Å². The van der Waals surface area contributed by atoms with E-state index in [9.17, 15) is 17.2 Å². The molecule has 14 heteroatoms. The largest absolute Gasteiger partial charge is 0.395 e. The Morgan fingerprint density at radius 3 is 2.51 bits per heavy atom. The Morgan fingerprint density at radius 2 is 1.83 bits per heavy atom. The summed E-state index contributed by atoms with van der Waals surface area (Å²) in [5.41, 5.74) is 4.20. The van der Waals surface area contributed by atoms with Crippen molar-refractivity contribution in [3.05, 3.63) is 36.2 Å². The number of halogens is 2. The average molecular weight is 589 g/mol. The van der Waals surface area contributed by atoms with Crippen LogP contribution < -0.4 is 14.5 Å². The molecule has 11 nitrogen and oxygen atoms in total. The van der Waals surface area contributed by atoms with Crippen LogP contribution >= 0.6 is 0 Å². The number of aliphatic hydroxyl groups is 1. The number of rotatable bonds is 9. The molecule has 2 aliphatic heterocycles. The number of piperidine rings is 1. The van der Waals surface area contributed by atoms with Crippen LogP contribution in [0, 0.1) is 18.3 Å². The van der Waals surface area contributed by atoms with E-state index in [0.29, 0.717) is 47.1 Å². The highest BCUT2D eigenvalue weighted by Gasteiger charge is 2.44. The van der Waals surface area contributed by atoms with Gasteiger partial charge in [0.15, 0.2) is 0 Å². The zero-order chi connectivity index (χ0) is 28.8. The second-order valence-corrected chi connectivity index (χ2v) is 13.2. The lowest BCUT2D eigenvalue weighted by molar-refractivity contribution is 0.0879. The first-order chi connectivity index (χ1) is 19.6. The van der Waals surface area contributed by atoms with E-state index in [2.05, 4.69) is 29.9 Å². The highest BCUT2D eigenvalue weighted by molar-refractivity contribution is 7.92. The number of hydrogen-bond donors (Lipinski definition) is 2. The van der Waals surface area contributed by atoms with E-state index in [1.54, 1.807) is 40.0 Å². The fourth-order valence-electron chi connectivity index (χ4n) is 5.78. The van der Waals surface area contributed by atoms with Crippen LogP contribution in [0.15, 0.2) is 30.5 Å². The van der Waals surface area contributed by atoms with E-state index in [1.807, 2.05) is 6.92 Å². The Balaban J connectivity index is 1.30. The zero-order valence-electron chi connectivity index (χ0n) is 22.9. The molecule has 0 bridgehead atoms. The van der Waals surface area contributed by atoms with Gasteiger partial charge in [-0.1, -0.05) is 5.21 Å². The van der Waals surface area contributed by atoms with Crippen LogP contribution in [0.25, 0.3) is 17.1 Å². The number of nitrogens with zero attached hydrogens (tertiary/aromatic N) is 7. The summed E-state index contributed by atoms with van der Waals surface area (Å²) in [6.07, 6.45) is 4.49. The van der Waals surface area contributed by atoms with Gasteiger partial charge >= 0.3 is 0 Å². The SMILES string of the molecule is Cc1cc(-c2cn(-c3ccc(NS(=O)(=O)CCO)cc3N3CCC4(CC3)CC4)nn2)nc(N2CCC(C(F)F)C2)n1. The second kappa shape index (κ2) is 10.8. The lowest BCUT2D eigenvalue weighted by atomic mass is 9.93. The molecule has 3 fully saturated rings. The second-order valence-electron chi connectivity index (χ2n) is 11.4. The maximum Gasteiger partial charge on any atom is 0.243 e. The van der Waals surface area contributed by atoms with Crippen LogP contribution in [-0.4, -0.2) is 83.5 Å². The molecule has 41 heavy (non-hydrogen) atoms. The van der Waals surface area contributed by atoms with Crippen molar-refractivity contribution in [2.45, 2.75) is 45.5 Å². The summed E-state index contributed by atoms with van der Waals surface area (Å²) in [4.78, 5) is 13.2. The number of alkyl halides is 2. The fourth-order valence-corrected chi connectivity index (χ4v) is 6.61. The van der Waals surface area contributed by atoms with Crippen molar-refractivity contribution in [3.63, 3.8) is 0 Å². The number of nitrogens with one attached hydrogen (secondary N) is 1. The number of sulfonamides is 1. The Bertz CT molecular complexity index is 1520. The third kappa shape index (κ3) is 5.98. The molecule has 2 aromatic heterocycles. The molecule has 6 rings (SSSR count). The summed E-state index contributed by atoms with van der Waals surface area (Å²) in [7, 11) is -3.69. The van der Waals surface area contributed by atoms with E-state index in [0.717, 1.165) is 37.3 Å². The quantitative estimate of drug-likeness (QED) is 0.387. The van der Waals surface area contributed by atoms with Crippen molar-refractivity contribution in [1.29, 1.82) is 0 Å². The first kappa shape index (κ1) is 27.8. The van der Waals surface area contributed by atoms with Gasteiger partial charge in [-0.05, 0) is 68.7 Å². The average Bonchev–Trinajstić information content (AvgIpc) is 3.32. The van der Waals surface area contributed by atoms with Gasteiger partial charge in [-0.2, -0.15) is 0 Å². The molecule has 1 aliphatic carbocycles. The molecule has 1 aromatic carbocycles. The van der Waals surface area contributed by atoms with E-state index in [-0.39, 0.29) is 12.3 Å². The first-order valence-corrected chi connectivity index (χ1v) is 15.6. The number of aryl methyl sites for hydroxylation is 1. The fraction of sp³-hybridized carbons (Fsp3) is 0.556. The van der Waals surface area contributed by atoms with Gasteiger partial charge < -0.3 is 14.9 Å². The van der Waals surface area contributed by atoms with Crippen molar-refractivity contribution in [2.75, 3.05) is 53.1 Å². The molecule has 3 aromatic rings. The van der Waals surface area contributed by atoms with Gasteiger partial charge in [0.25, 0.3) is 0 Å². The summed E-state index contributed by atoms with van der Waals surface area (Å²) in [6, 6.07) is 7.06. The summed E-state index contributed by atoms with van der Waals surface area (Å²) < 4.78 is 55.3. The van der Waals surface area contributed by atoms with Gasteiger partial charge in [-0.15, -0.1) is 5.10 Å². The molecule has 1 atom stereocenters. The molecular weight excluding hydrogens is 554 g/mol. The Morgan fingerprint density at radius 1 is 1.05 bits per heavy atom. The summed E-state index contributed by atoms with van der Waals surface area (Å²) in [6.45, 7) is 3.75. The smallest absolute Gasteiger partial charge is 0.243 e. The Hall–Kier alpha value is -3.39. The number of aromatic nitrogens is 5. The molecule has 220 valence electrons. The maximum atomic E-state index is 13.2. The predicted molar refractivity (Wildman–Crippen MR) is 151 cm³/mol. The molecule has 0 radical (unpaired) electrons. The van der Waals surface area contributed by atoms with Crippen LogP contribution in [0.5, 0.6) is 0 Å². The number of hydrogen-bond acceptors (Lipinski definition) is 9. The highest BCUT2D eigenvalue weighted by atomic mass is 32.2. The predicted octanol–water partition coefficient (Wildman–Crippen LogP) is 3.24. The highest BCUT2D eigenvalue weighted by Crippen LogP contribution is 2.54. The molecule has 2 saturated heterocycles. The van der Waals surface area contributed by atoms with Crippen LogP contribution in [0.1, 0.15) is 37.8 Å². The minimum atomic E-state index is -3.69. The van der Waals surface area contributed by atoms with E-state index in [1.165, 1.54) is 12.8 Å². The van der Waals surface area contributed by atoms with Crippen molar-refractivity contribution >= 4 is 27.3 Å². The molecule has 2 N–H and O–H groups in total. The number of aliphatic hydroxyl groups excluding tert-OH is 1. The third-order valence-corrected chi connectivity index (χ3v) is 9.71. The Kier molecular flexibility index (Phi) is 7.30. The topological polar surface area (TPSA) is 129 Å². The minimum absolute atomic E-state index is 0.210. The number of benzene rings is 1. The first-order valence-electron chi connectivity index (χ1n) is 14.0. The summed E-state index contributed by atoms with van der Waals surface area (Å²) in [5, 5.41) is 17.9. The zero-order valence-corrected chi connectivity index (χ0v) is 23.7. The molecule has 0 amide bonds. The van der Waals surface area contributed by atoms with Gasteiger partial charge in [0.1, 0.15) is 5.69 Å². The molecule has 1 saturated carbocycles. The number of anilines is 3. The van der Waals surface area contributed by atoms with Crippen LogP contribution in [-0.2, 0) is 10.0 Å². The molecule has 4 heterocycles. The molecular formula is C27H34F2N8O3S. The monoisotopic (exact) mass is 588 g/mol. The third-order valence-electron chi connectivity index (χ3n) is 8.44. The lowest BCUT2D eigenvalue weighted by Crippen LogP contribution is -2.35. The van der Waals surface area contributed by atoms with Crippen molar-refractivity contribution in [3.8, 4) is 17.1 Å². The van der Waals surface area contributed by atoms with Gasteiger partial charge in [0, 0.05) is 37.8 Å². The molecule has 1 spiro atoms. The van der Waals surface area contributed by atoms with Crippen LogP contribution in [0.3, 0.4) is 0 Å². The van der Waals surface area contributed by atoms with Gasteiger partial charge in [-0.25, -0.2) is 31.8 Å². The normalized spacial score (nSPS) is 20.3. The Labute approximate surface area is 237 Å². The van der Waals surface area contributed by atoms with E-state index in [4.69, 9.17) is 5.11 Å². The van der Waals surface area contributed by atoms with Crippen molar-refractivity contribution in [1.82, 2.24) is 25.0 Å². The van der Waals surface area contributed by atoms with Crippen molar-refractivity contribution < 1.29 is 22.3 Å². The van der Waals surface area contributed by atoms with Gasteiger partial charge in [0.05, 0.1) is 41.3 Å². The minimum Gasteiger partial charge on any atom is -0.395 e. The van der Waals surface area contributed by atoms with Crippen molar-refractivity contribution in [2.24, 2.45) is 11.3 Å². The van der Waals surface area contributed by atoms with E-state index >= 15 is 0 Å². The van der Waals surface area contributed by atoms with Crippen LogP contribution in [0.4, 0.5) is 26.1 Å². The molecule has 1 unspecified atom stereocenters. The van der Waals surface area contributed by atoms with Gasteiger partial charge in [0.2, 0.25) is 22.4 Å². The van der Waals surface area contributed by atoms with E-state index < -0.39 is 29.0 Å². The summed E-state index contributed by atoms with van der Waals surface area (Å²) in [5.74, 6) is -0.675. The maximum absolute atomic E-state index is 13.2.